The summed E-state index contributed by atoms with van der Waals surface area (Å²) in [4.78, 5) is 45.5. The van der Waals surface area contributed by atoms with Crippen molar-refractivity contribution >= 4 is 28.6 Å². The summed E-state index contributed by atoms with van der Waals surface area (Å²) in [6.45, 7) is 4.69. The number of esters is 2. The lowest BCUT2D eigenvalue weighted by atomic mass is 10.0. The molecule has 0 bridgehead atoms. The Balaban J connectivity index is 1.60. The molecule has 8 heteroatoms. The van der Waals surface area contributed by atoms with Gasteiger partial charge >= 0.3 is 11.9 Å². The predicted molar refractivity (Wildman–Crippen MR) is 128 cm³/mol. The normalized spacial score (nSPS) is 10.9. The fraction of sp³-hybridized carbons (Fsp3) is 0.185. The van der Waals surface area contributed by atoms with Gasteiger partial charge in [0.25, 0.3) is 0 Å². The van der Waals surface area contributed by atoms with Crippen LogP contribution in [0.25, 0.3) is 22.2 Å². The zero-order chi connectivity index (χ0) is 25.1. The number of halogens is 1. The lowest BCUT2D eigenvalue weighted by Gasteiger charge is -2.10. The van der Waals surface area contributed by atoms with Crippen molar-refractivity contribution in [2.24, 2.45) is 0 Å². The molecule has 0 saturated heterocycles. The van der Waals surface area contributed by atoms with Gasteiger partial charge in [0.05, 0.1) is 34.6 Å². The Labute approximate surface area is 200 Å². The van der Waals surface area contributed by atoms with Crippen molar-refractivity contribution in [1.82, 2.24) is 9.97 Å². The Morgan fingerprint density at radius 1 is 0.971 bits per heavy atom. The molecule has 2 heterocycles. The molecule has 0 amide bonds. The number of carbonyl (C=O) groups excluding carboxylic acids is 3. The van der Waals surface area contributed by atoms with Crippen LogP contribution in [0.5, 0.6) is 0 Å². The van der Waals surface area contributed by atoms with Crippen LogP contribution in [0.15, 0.2) is 54.6 Å². The van der Waals surface area contributed by atoms with E-state index in [4.69, 9.17) is 9.47 Å². The third-order valence-corrected chi connectivity index (χ3v) is 5.61. The molecular weight excluding hydrogens is 451 g/mol. The maximum Gasteiger partial charge on any atom is 0.340 e. The number of hydrogen-bond donors (Lipinski definition) is 1. The van der Waals surface area contributed by atoms with Crippen LogP contribution in [0, 0.1) is 19.7 Å². The number of nitrogens with one attached hydrogen (secondary N) is 1. The first-order valence-electron chi connectivity index (χ1n) is 11.0. The molecule has 4 rings (SSSR count). The number of ketones is 1. The highest BCUT2D eigenvalue weighted by atomic mass is 19.1. The van der Waals surface area contributed by atoms with Crippen LogP contribution in [-0.2, 0) is 9.47 Å². The molecule has 0 spiro atoms. The number of benzene rings is 2. The SMILES string of the molecule is CCOC(=O)c1c(C)[nH]c(C(=O)COC(=O)c2cc(-c3ccc(F)cc3)nc3ccccc23)c1C. The number of H-pyrrole nitrogens is 1. The Morgan fingerprint density at radius 3 is 2.40 bits per heavy atom. The second kappa shape index (κ2) is 9.89. The van der Waals surface area contributed by atoms with Crippen LogP contribution in [0.1, 0.15) is 49.4 Å². The van der Waals surface area contributed by atoms with Crippen molar-refractivity contribution in [3.8, 4) is 11.3 Å². The minimum Gasteiger partial charge on any atom is -0.462 e. The summed E-state index contributed by atoms with van der Waals surface area (Å²) < 4.78 is 23.8. The summed E-state index contributed by atoms with van der Waals surface area (Å²) in [5, 5.41) is 0.562. The number of para-hydroxylation sites is 1. The van der Waals surface area contributed by atoms with Gasteiger partial charge in [-0.05, 0) is 62.7 Å². The standard InChI is InChI=1S/C27H23FN2O5/c1-4-34-27(33)24-15(2)25(29-16(24)3)23(31)14-35-26(32)20-13-22(17-9-11-18(28)12-10-17)30-21-8-6-5-7-19(20)21/h5-13,29H,4,14H2,1-3H3. The van der Waals surface area contributed by atoms with Gasteiger partial charge in [-0.15, -0.1) is 0 Å². The van der Waals surface area contributed by atoms with Gasteiger partial charge in [0.15, 0.2) is 6.61 Å². The molecule has 0 unspecified atom stereocenters. The van der Waals surface area contributed by atoms with E-state index < -0.39 is 24.3 Å². The molecule has 1 N–H and O–H groups in total. The number of pyridine rings is 1. The molecule has 0 aliphatic rings. The van der Waals surface area contributed by atoms with Crippen LogP contribution < -0.4 is 0 Å². The molecule has 2 aromatic carbocycles. The maximum atomic E-state index is 13.4. The van der Waals surface area contributed by atoms with Crippen molar-refractivity contribution in [3.05, 3.63) is 88.5 Å². The number of aryl methyl sites for hydroxylation is 1. The van der Waals surface area contributed by atoms with Crippen molar-refractivity contribution in [1.29, 1.82) is 0 Å². The zero-order valence-corrected chi connectivity index (χ0v) is 19.5. The molecule has 2 aromatic heterocycles. The Bertz CT molecular complexity index is 1440. The second-order valence-electron chi connectivity index (χ2n) is 7.92. The molecule has 0 aliphatic heterocycles. The summed E-state index contributed by atoms with van der Waals surface area (Å²) in [6, 6.07) is 14.4. The number of fused-ring (bicyclic) bond motifs is 1. The van der Waals surface area contributed by atoms with Gasteiger partial charge in [-0.1, -0.05) is 18.2 Å². The van der Waals surface area contributed by atoms with Gasteiger partial charge in [0.1, 0.15) is 5.82 Å². The number of carbonyl (C=O) groups is 3. The molecule has 4 aromatic rings. The van der Waals surface area contributed by atoms with Crippen molar-refractivity contribution in [3.63, 3.8) is 0 Å². The maximum absolute atomic E-state index is 13.4. The summed E-state index contributed by atoms with van der Waals surface area (Å²) in [5.41, 5.74) is 3.31. The van der Waals surface area contributed by atoms with Crippen LogP contribution in [0.4, 0.5) is 4.39 Å². The number of aromatic nitrogens is 2. The van der Waals surface area contributed by atoms with Crippen molar-refractivity contribution < 1.29 is 28.2 Å². The summed E-state index contributed by atoms with van der Waals surface area (Å²) in [5.74, 6) is -2.08. The number of rotatable bonds is 7. The number of aromatic amines is 1. The van der Waals surface area contributed by atoms with Gasteiger partial charge in [0.2, 0.25) is 5.78 Å². The number of hydrogen-bond acceptors (Lipinski definition) is 6. The Kier molecular flexibility index (Phi) is 6.73. The summed E-state index contributed by atoms with van der Waals surface area (Å²) in [7, 11) is 0. The van der Waals surface area contributed by atoms with Crippen molar-refractivity contribution in [2.75, 3.05) is 13.2 Å². The summed E-state index contributed by atoms with van der Waals surface area (Å²) >= 11 is 0. The Hall–Kier alpha value is -4.33. The zero-order valence-electron chi connectivity index (χ0n) is 19.5. The quantitative estimate of drug-likeness (QED) is 0.292. The van der Waals surface area contributed by atoms with E-state index in [9.17, 15) is 18.8 Å². The topological polar surface area (TPSA) is 98.4 Å². The largest absolute Gasteiger partial charge is 0.462 e. The molecule has 0 fully saturated rings. The smallest absolute Gasteiger partial charge is 0.340 e. The van der Waals surface area contributed by atoms with E-state index in [1.165, 1.54) is 12.1 Å². The number of nitrogens with zero attached hydrogens (tertiary/aromatic N) is 1. The molecule has 7 nitrogen and oxygen atoms in total. The summed E-state index contributed by atoms with van der Waals surface area (Å²) in [6.07, 6.45) is 0. The van der Waals surface area contributed by atoms with Crippen LogP contribution >= 0.6 is 0 Å². The lowest BCUT2D eigenvalue weighted by molar-refractivity contribution is 0.0474. The number of Topliss-reactive ketones (excluding diaryl/α,β-unsaturated/α-hetero) is 1. The third-order valence-electron chi connectivity index (χ3n) is 5.61. The number of ether oxygens (including phenoxy) is 2. The first kappa shape index (κ1) is 23.8. The molecule has 0 aliphatic carbocycles. The average molecular weight is 474 g/mol. The molecular formula is C27H23FN2O5. The molecule has 0 saturated carbocycles. The van der Waals surface area contributed by atoms with Gasteiger partial charge in [-0.25, -0.2) is 19.0 Å². The minimum absolute atomic E-state index is 0.185. The lowest BCUT2D eigenvalue weighted by Crippen LogP contribution is -2.16. The van der Waals surface area contributed by atoms with E-state index in [0.29, 0.717) is 39.0 Å². The highest BCUT2D eigenvalue weighted by Gasteiger charge is 2.24. The first-order chi connectivity index (χ1) is 16.8. The fourth-order valence-corrected chi connectivity index (χ4v) is 3.93. The Morgan fingerprint density at radius 2 is 1.69 bits per heavy atom. The highest BCUT2D eigenvalue weighted by molar-refractivity contribution is 6.07. The second-order valence-corrected chi connectivity index (χ2v) is 7.92. The van der Waals surface area contributed by atoms with E-state index in [1.807, 2.05) is 0 Å². The fourth-order valence-electron chi connectivity index (χ4n) is 3.93. The minimum atomic E-state index is -0.702. The molecule has 35 heavy (non-hydrogen) atoms. The van der Waals surface area contributed by atoms with Gasteiger partial charge < -0.3 is 14.5 Å². The van der Waals surface area contributed by atoms with Gasteiger partial charge in [-0.2, -0.15) is 0 Å². The van der Waals surface area contributed by atoms with Crippen molar-refractivity contribution in [2.45, 2.75) is 20.8 Å². The van der Waals surface area contributed by atoms with E-state index >= 15 is 0 Å². The van der Waals surface area contributed by atoms with E-state index in [-0.39, 0.29) is 23.7 Å². The highest BCUT2D eigenvalue weighted by Crippen LogP contribution is 2.26. The predicted octanol–water partition coefficient (Wildman–Crippen LogP) is 5.20. The van der Waals surface area contributed by atoms with Crippen LogP contribution in [0.2, 0.25) is 0 Å². The monoisotopic (exact) mass is 474 g/mol. The first-order valence-corrected chi connectivity index (χ1v) is 11.0. The van der Waals surface area contributed by atoms with E-state index in [0.717, 1.165) is 0 Å². The van der Waals surface area contributed by atoms with Crippen LogP contribution in [0.3, 0.4) is 0 Å². The molecule has 0 radical (unpaired) electrons. The molecule has 178 valence electrons. The van der Waals surface area contributed by atoms with Gasteiger partial charge in [0, 0.05) is 16.6 Å². The van der Waals surface area contributed by atoms with E-state index in [1.54, 1.807) is 63.2 Å². The van der Waals surface area contributed by atoms with E-state index in [2.05, 4.69) is 9.97 Å². The van der Waals surface area contributed by atoms with Crippen LogP contribution in [-0.4, -0.2) is 40.9 Å². The molecule has 0 atom stereocenters. The van der Waals surface area contributed by atoms with Gasteiger partial charge in [-0.3, -0.25) is 4.79 Å². The average Bonchev–Trinajstić information content (AvgIpc) is 3.16. The third kappa shape index (κ3) is 4.82.